The SMILES string of the molecule is CCCC1CC=CC(O)CCCC(=O)O1. The van der Waals surface area contributed by atoms with Gasteiger partial charge in [0.25, 0.3) is 0 Å². The number of carbonyl (C=O) groups is 1. The minimum atomic E-state index is -0.404. The summed E-state index contributed by atoms with van der Waals surface area (Å²) in [6.45, 7) is 2.07. The van der Waals surface area contributed by atoms with Crippen molar-refractivity contribution in [2.45, 2.75) is 57.7 Å². The second-order valence-electron chi connectivity index (χ2n) is 4.02. The summed E-state index contributed by atoms with van der Waals surface area (Å²) in [5, 5.41) is 9.49. The molecule has 0 aliphatic carbocycles. The molecular weight excluding hydrogens is 192 g/mol. The lowest BCUT2D eigenvalue weighted by molar-refractivity contribution is -0.149. The number of aliphatic hydroxyl groups excluding tert-OH is 1. The van der Waals surface area contributed by atoms with E-state index in [4.69, 9.17) is 4.74 Å². The van der Waals surface area contributed by atoms with Crippen molar-refractivity contribution in [3.05, 3.63) is 12.2 Å². The molecule has 0 spiro atoms. The Kier molecular flexibility index (Phi) is 5.40. The van der Waals surface area contributed by atoms with Gasteiger partial charge >= 0.3 is 5.97 Å². The smallest absolute Gasteiger partial charge is 0.306 e. The van der Waals surface area contributed by atoms with E-state index < -0.39 is 6.10 Å². The van der Waals surface area contributed by atoms with Crippen molar-refractivity contribution in [3.8, 4) is 0 Å². The van der Waals surface area contributed by atoms with Crippen LogP contribution < -0.4 is 0 Å². The Labute approximate surface area is 91.1 Å². The third-order valence-electron chi connectivity index (χ3n) is 2.55. The zero-order valence-electron chi connectivity index (χ0n) is 9.32. The molecule has 15 heavy (non-hydrogen) atoms. The first-order valence-corrected chi connectivity index (χ1v) is 5.76. The first-order chi connectivity index (χ1) is 7.22. The number of hydrogen-bond acceptors (Lipinski definition) is 3. The fraction of sp³-hybridized carbons (Fsp3) is 0.750. The first kappa shape index (κ1) is 12.2. The van der Waals surface area contributed by atoms with Gasteiger partial charge in [0.1, 0.15) is 6.10 Å². The highest BCUT2D eigenvalue weighted by Crippen LogP contribution is 2.13. The molecule has 86 valence electrons. The minimum Gasteiger partial charge on any atom is -0.462 e. The molecule has 0 aromatic carbocycles. The van der Waals surface area contributed by atoms with Crippen LogP contribution in [-0.2, 0) is 9.53 Å². The van der Waals surface area contributed by atoms with Gasteiger partial charge in [0.15, 0.2) is 0 Å². The highest BCUT2D eigenvalue weighted by Gasteiger charge is 2.14. The molecule has 3 nitrogen and oxygen atoms in total. The Morgan fingerprint density at radius 2 is 2.40 bits per heavy atom. The molecule has 0 aromatic rings. The molecule has 3 heteroatoms. The number of ether oxygens (including phenoxy) is 1. The summed E-state index contributed by atoms with van der Waals surface area (Å²) in [6.07, 6.45) is 7.70. The van der Waals surface area contributed by atoms with Gasteiger partial charge < -0.3 is 9.84 Å². The minimum absolute atomic E-state index is 0.0101. The van der Waals surface area contributed by atoms with Gasteiger partial charge in [-0.1, -0.05) is 25.5 Å². The topological polar surface area (TPSA) is 46.5 Å². The van der Waals surface area contributed by atoms with Gasteiger partial charge in [-0.25, -0.2) is 0 Å². The van der Waals surface area contributed by atoms with Gasteiger partial charge in [-0.2, -0.15) is 0 Å². The Bertz CT molecular complexity index is 223. The largest absolute Gasteiger partial charge is 0.462 e. The van der Waals surface area contributed by atoms with Crippen molar-refractivity contribution in [3.63, 3.8) is 0 Å². The maximum Gasteiger partial charge on any atom is 0.306 e. The Morgan fingerprint density at radius 3 is 3.13 bits per heavy atom. The van der Waals surface area contributed by atoms with Crippen molar-refractivity contribution in [1.29, 1.82) is 0 Å². The molecule has 0 amide bonds. The maximum absolute atomic E-state index is 11.4. The average Bonchev–Trinajstić information content (AvgIpc) is 2.17. The monoisotopic (exact) mass is 212 g/mol. The van der Waals surface area contributed by atoms with Crippen LogP contribution in [0.4, 0.5) is 0 Å². The molecule has 0 saturated carbocycles. The molecule has 0 bridgehead atoms. The van der Waals surface area contributed by atoms with Crippen molar-refractivity contribution >= 4 is 5.97 Å². The van der Waals surface area contributed by atoms with Crippen molar-refractivity contribution < 1.29 is 14.6 Å². The van der Waals surface area contributed by atoms with Crippen LogP contribution in [0.25, 0.3) is 0 Å². The third kappa shape index (κ3) is 4.98. The summed E-state index contributed by atoms with van der Waals surface area (Å²) in [6, 6.07) is 0. The normalized spacial score (nSPS) is 28.5. The summed E-state index contributed by atoms with van der Waals surface area (Å²) in [5.74, 6) is -0.129. The second kappa shape index (κ2) is 6.62. The number of esters is 1. The molecule has 0 fully saturated rings. The quantitative estimate of drug-likeness (QED) is 0.563. The van der Waals surface area contributed by atoms with Crippen LogP contribution in [0.3, 0.4) is 0 Å². The summed E-state index contributed by atoms with van der Waals surface area (Å²) in [4.78, 5) is 11.4. The van der Waals surface area contributed by atoms with Crippen LogP contribution in [0, 0.1) is 0 Å². The van der Waals surface area contributed by atoms with Crippen LogP contribution in [0.2, 0.25) is 0 Å². The van der Waals surface area contributed by atoms with E-state index in [0.29, 0.717) is 19.3 Å². The molecule has 1 N–H and O–H groups in total. The molecule has 1 heterocycles. The summed E-state index contributed by atoms with van der Waals surface area (Å²) < 4.78 is 5.33. The van der Waals surface area contributed by atoms with Gasteiger partial charge in [0, 0.05) is 12.8 Å². The number of hydrogen-bond donors (Lipinski definition) is 1. The predicted molar refractivity (Wildman–Crippen MR) is 58.4 cm³/mol. The van der Waals surface area contributed by atoms with Crippen LogP contribution in [0.5, 0.6) is 0 Å². The number of rotatable bonds is 2. The molecule has 1 aliphatic heterocycles. The van der Waals surface area contributed by atoms with E-state index in [1.807, 2.05) is 12.2 Å². The van der Waals surface area contributed by atoms with E-state index in [1.54, 1.807) is 0 Å². The average molecular weight is 212 g/mol. The molecule has 0 aromatic heterocycles. The third-order valence-corrected chi connectivity index (χ3v) is 2.55. The van der Waals surface area contributed by atoms with Crippen LogP contribution >= 0.6 is 0 Å². The standard InChI is InChI=1S/C12H20O3/c1-2-5-11-8-3-6-10(13)7-4-9-12(14)15-11/h3,6,10-11,13H,2,4-5,7-9H2,1H3. The first-order valence-electron chi connectivity index (χ1n) is 5.76. The lowest BCUT2D eigenvalue weighted by atomic mass is 10.1. The van der Waals surface area contributed by atoms with E-state index in [9.17, 15) is 9.90 Å². The van der Waals surface area contributed by atoms with Gasteiger partial charge in [-0.3, -0.25) is 4.79 Å². The van der Waals surface area contributed by atoms with E-state index in [0.717, 1.165) is 19.3 Å². The van der Waals surface area contributed by atoms with Crippen LogP contribution in [-0.4, -0.2) is 23.3 Å². The molecule has 1 aliphatic rings. The van der Waals surface area contributed by atoms with Crippen molar-refractivity contribution in [1.82, 2.24) is 0 Å². The van der Waals surface area contributed by atoms with E-state index in [-0.39, 0.29) is 12.1 Å². The van der Waals surface area contributed by atoms with E-state index >= 15 is 0 Å². The molecule has 0 radical (unpaired) electrons. The highest BCUT2D eigenvalue weighted by molar-refractivity contribution is 5.69. The summed E-state index contributed by atoms with van der Waals surface area (Å²) >= 11 is 0. The van der Waals surface area contributed by atoms with Gasteiger partial charge in [0.2, 0.25) is 0 Å². The van der Waals surface area contributed by atoms with E-state index in [1.165, 1.54) is 0 Å². The molecule has 2 atom stereocenters. The summed E-state index contributed by atoms with van der Waals surface area (Å²) in [5.41, 5.74) is 0. The van der Waals surface area contributed by atoms with E-state index in [2.05, 4.69) is 6.92 Å². The van der Waals surface area contributed by atoms with Crippen molar-refractivity contribution in [2.75, 3.05) is 0 Å². The Balaban J connectivity index is 2.53. The van der Waals surface area contributed by atoms with Crippen LogP contribution in [0.15, 0.2) is 12.2 Å². The lowest BCUT2D eigenvalue weighted by Gasteiger charge is -2.17. The zero-order chi connectivity index (χ0) is 11.1. The highest BCUT2D eigenvalue weighted by atomic mass is 16.5. The zero-order valence-corrected chi connectivity index (χ0v) is 9.32. The molecule has 1 rings (SSSR count). The summed E-state index contributed by atoms with van der Waals surface area (Å²) in [7, 11) is 0. The van der Waals surface area contributed by atoms with Gasteiger partial charge in [-0.05, 0) is 19.3 Å². The Morgan fingerprint density at radius 1 is 1.60 bits per heavy atom. The predicted octanol–water partition coefficient (Wildman–Crippen LogP) is 2.19. The van der Waals surface area contributed by atoms with Gasteiger partial charge in [0.05, 0.1) is 6.10 Å². The second-order valence-corrected chi connectivity index (χ2v) is 4.02. The molecular formula is C12H20O3. The van der Waals surface area contributed by atoms with Crippen molar-refractivity contribution in [2.24, 2.45) is 0 Å². The fourth-order valence-electron chi connectivity index (χ4n) is 1.73. The maximum atomic E-state index is 11.4. The fourth-order valence-corrected chi connectivity index (χ4v) is 1.73. The number of carbonyl (C=O) groups excluding carboxylic acids is 1. The van der Waals surface area contributed by atoms with Crippen LogP contribution in [0.1, 0.15) is 45.4 Å². The number of aliphatic hydroxyl groups is 1. The molecule has 0 saturated heterocycles. The lowest BCUT2D eigenvalue weighted by Crippen LogP contribution is -2.19. The Hall–Kier alpha value is -0.830. The molecule has 2 unspecified atom stereocenters. The number of cyclic esters (lactones) is 1. The van der Waals surface area contributed by atoms with Gasteiger partial charge in [-0.15, -0.1) is 0 Å².